The van der Waals surface area contributed by atoms with E-state index >= 15 is 0 Å². The number of aromatic hydroxyl groups is 1. The molecule has 1 aromatic carbocycles. The fourth-order valence-corrected chi connectivity index (χ4v) is 1.95. The molecule has 0 atom stereocenters. The van der Waals surface area contributed by atoms with E-state index in [0.717, 1.165) is 18.0 Å². The van der Waals surface area contributed by atoms with Crippen LogP contribution >= 0.6 is 0 Å². The van der Waals surface area contributed by atoms with E-state index in [1.807, 2.05) is 18.2 Å². The average Bonchev–Trinajstić information content (AvgIpc) is 2.98. The minimum Gasteiger partial charge on any atom is -0.508 e. The van der Waals surface area contributed by atoms with Crippen LogP contribution in [-0.2, 0) is 6.54 Å². The maximum atomic E-state index is 9.34. The van der Waals surface area contributed by atoms with Crippen LogP contribution in [0.4, 0.5) is 0 Å². The van der Waals surface area contributed by atoms with Crippen LogP contribution in [0.5, 0.6) is 5.75 Å². The normalized spacial score (nSPS) is 16.7. The summed E-state index contributed by atoms with van der Waals surface area (Å²) in [4.78, 5) is 0. The molecule has 1 saturated carbocycles. The molecule has 0 spiro atoms. The Morgan fingerprint density at radius 2 is 2.13 bits per heavy atom. The molecule has 1 aliphatic carbocycles. The van der Waals surface area contributed by atoms with Gasteiger partial charge in [-0.25, -0.2) is 0 Å². The maximum Gasteiger partial charge on any atom is 0.115 e. The van der Waals surface area contributed by atoms with Crippen molar-refractivity contribution < 1.29 is 5.11 Å². The molecule has 0 radical (unpaired) electrons. The van der Waals surface area contributed by atoms with Gasteiger partial charge in [0, 0.05) is 12.1 Å². The number of phenolic OH excluding ortho intramolecular Hbond substituents is 1. The standard InChI is InChI=1S/C13H19NO/c1-13(2,11-6-7-11)14-9-10-4-3-5-12(15)8-10/h3-5,8,11,14-15H,6-7,9H2,1-2H3. The maximum absolute atomic E-state index is 9.34. The first-order chi connectivity index (χ1) is 7.08. The number of nitrogens with one attached hydrogen (secondary N) is 1. The van der Waals surface area contributed by atoms with Gasteiger partial charge in [-0.2, -0.15) is 0 Å². The number of hydrogen-bond acceptors (Lipinski definition) is 2. The Hall–Kier alpha value is -1.02. The molecule has 15 heavy (non-hydrogen) atoms. The SMILES string of the molecule is CC(C)(NCc1cccc(O)c1)C1CC1. The minimum atomic E-state index is 0.228. The summed E-state index contributed by atoms with van der Waals surface area (Å²) in [5.41, 5.74) is 1.37. The zero-order chi connectivity index (χ0) is 10.9. The molecule has 0 amide bonds. The highest BCUT2D eigenvalue weighted by Gasteiger charge is 2.36. The first-order valence-corrected chi connectivity index (χ1v) is 5.61. The second-order valence-corrected chi connectivity index (χ2v) is 5.02. The third-order valence-corrected chi connectivity index (χ3v) is 3.26. The van der Waals surface area contributed by atoms with Gasteiger partial charge in [0.2, 0.25) is 0 Å². The van der Waals surface area contributed by atoms with Crippen molar-refractivity contribution in [2.24, 2.45) is 5.92 Å². The van der Waals surface area contributed by atoms with Gasteiger partial charge in [0.15, 0.2) is 0 Å². The van der Waals surface area contributed by atoms with Crippen LogP contribution in [0.1, 0.15) is 32.3 Å². The van der Waals surface area contributed by atoms with Crippen LogP contribution in [0.3, 0.4) is 0 Å². The van der Waals surface area contributed by atoms with E-state index in [4.69, 9.17) is 0 Å². The molecule has 82 valence electrons. The van der Waals surface area contributed by atoms with Gasteiger partial charge in [0.25, 0.3) is 0 Å². The molecular weight excluding hydrogens is 186 g/mol. The molecule has 0 bridgehead atoms. The highest BCUT2D eigenvalue weighted by molar-refractivity contribution is 5.27. The van der Waals surface area contributed by atoms with Gasteiger partial charge < -0.3 is 10.4 Å². The Kier molecular flexibility index (Phi) is 2.70. The first-order valence-electron chi connectivity index (χ1n) is 5.61. The number of benzene rings is 1. The molecule has 0 heterocycles. The van der Waals surface area contributed by atoms with Gasteiger partial charge in [-0.1, -0.05) is 12.1 Å². The van der Waals surface area contributed by atoms with Gasteiger partial charge in [0.1, 0.15) is 5.75 Å². The van der Waals surface area contributed by atoms with Crippen LogP contribution in [0.25, 0.3) is 0 Å². The van der Waals surface area contributed by atoms with Crippen molar-refractivity contribution >= 4 is 0 Å². The van der Waals surface area contributed by atoms with Crippen LogP contribution in [0.15, 0.2) is 24.3 Å². The molecule has 1 aromatic rings. The van der Waals surface area contributed by atoms with Crippen LogP contribution < -0.4 is 5.32 Å². The monoisotopic (exact) mass is 205 g/mol. The second kappa shape index (κ2) is 3.86. The van der Waals surface area contributed by atoms with E-state index in [1.54, 1.807) is 6.07 Å². The first kappa shape index (κ1) is 10.5. The van der Waals surface area contributed by atoms with E-state index in [9.17, 15) is 5.11 Å². The van der Waals surface area contributed by atoms with E-state index in [1.165, 1.54) is 12.8 Å². The smallest absolute Gasteiger partial charge is 0.115 e. The van der Waals surface area contributed by atoms with Gasteiger partial charge in [-0.3, -0.25) is 0 Å². The number of rotatable bonds is 4. The summed E-state index contributed by atoms with van der Waals surface area (Å²) in [7, 11) is 0. The quantitative estimate of drug-likeness (QED) is 0.792. The summed E-state index contributed by atoms with van der Waals surface area (Å²) < 4.78 is 0. The van der Waals surface area contributed by atoms with Crippen molar-refractivity contribution in [2.45, 2.75) is 38.8 Å². The molecular formula is C13H19NO. The summed E-state index contributed by atoms with van der Waals surface area (Å²) in [5.74, 6) is 1.17. The van der Waals surface area contributed by atoms with Crippen molar-refractivity contribution in [1.82, 2.24) is 5.32 Å². The summed E-state index contributed by atoms with van der Waals surface area (Å²) in [6.45, 7) is 5.35. The molecule has 2 N–H and O–H groups in total. The van der Waals surface area contributed by atoms with Gasteiger partial charge in [-0.05, 0) is 50.3 Å². The van der Waals surface area contributed by atoms with E-state index < -0.39 is 0 Å². The lowest BCUT2D eigenvalue weighted by Gasteiger charge is -2.26. The Labute approximate surface area is 91.3 Å². The molecule has 1 aliphatic rings. The van der Waals surface area contributed by atoms with Gasteiger partial charge >= 0.3 is 0 Å². The lowest BCUT2D eigenvalue weighted by molar-refractivity contribution is 0.339. The topological polar surface area (TPSA) is 32.3 Å². The predicted molar refractivity (Wildman–Crippen MR) is 61.7 cm³/mol. The van der Waals surface area contributed by atoms with Gasteiger partial charge in [-0.15, -0.1) is 0 Å². The molecule has 1 fully saturated rings. The largest absolute Gasteiger partial charge is 0.508 e. The lowest BCUT2D eigenvalue weighted by atomic mass is 9.98. The third-order valence-electron chi connectivity index (χ3n) is 3.26. The van der Waals surface area contributed by atoms with Crippen molar-refractivity contribution in [1.29, 1.82) is 0 Å². The fraction of sp³-hybridized carbons (Fsp3) is 0.538. The summed E-state index contributed by atoms with van der Waals surface area (Å²) in [6.07, 6.45) is 2.69. The Bertz CT molecular complexity index is 342. The van der Waals surface area contributed by atoms with Crippen molar-refractivity contribution in [3.8, 4) is 5.75 Å². The molecule has 0 unspecified atom stereocenters. The molecule has 0 aromatic heterocycles. The van der Waals surface area contributed by atoms with Crippen molar-refractivity contribution in [3.05, 3.63) is 29.8 Å². The second-order valence-electron chi connectivity index (χ2n) is 5.02. The zero-order valence-electron chi connectivity index (χ0n) is 9.46. The minimum absolute atomic E-state index is 0.228. The average molecular weight is 205 g/mol. The molecule has 2 heteroatoms. The lowest BCUT2D eigenvalue weighted by Crippen LogP contribution is -2.40. The summed E-state index contributed by atoms with van der Waals surface area (Å²) in [5, 5.41) is 12.9. The van der Waals surface area contributed by atoms with E-state index in [0.29, 0.717) is 5.75 Å². The fourth-order valence-electron chi connectivity index (χ4n) is 1.95. The molecule has 0 saturated heterocycles. The Morgan fingerprint density at radius 3 is 2.73 bits per heavy atom. The summed E-state index contributed by atoms with van der Waals surface area (Å²) in [6, 6.07) is 7.44. The number of phenols is 1. The van der Waals surface area contributed by atoms with E-state index in [2.05, 4.69) is 19.2 Å². The van der Waals surface area contributed by atoms with Gasteiger partial charge in [0.05, 0.1) is 0 Å². The van der Waals surface area contributed by atoms with Crippen LogP contribution in [0.2, 0.25) is 0 Å². The number of hydrogen-bond donors (Lipinski definition) is 2. The van der Waals surface area contributed by atoms with Crippen LogP contribution in [0, 0.1) is 5.92 Å². The highest BCUT2D eigenvalue weighted by atomic mass is 16.3. The zero-order valence-corrected chi connectivity index (χ0v) is 9.46. The van der Waals surface area contributed by atoms with E-state index in [-0.39, 0.29) is 5.54 Å². The predicted octanol–water partition coefficient (Wildman–Crippen LogP) is 2.67. The van der Waals surface area contributed by atoms with Crippen LogP contribution in [-0.4, -0.2) is 10.6 Å². The van der Waals surface area contributed by atoms with Crippen molar-refractivity contribution in [2.75, 3.05) is 0 Å². The third kappa shape index (κ3) is 2.72. The van der Waals surface area contributed by atoms with Crippen molar-refractivity contribution in [3.63, 3.8) is 0 Å². The molecule has 0 aliphatic heterocycles. The molecule has 2 rings (SSSR count). The highest BCUT2D eigenvalue weighted by Crippen LogP contribution is 2.39. The Morgan fingerprint density at radius 1 is 1.40 bits per heavy atom. The molecule has 2 nitrogen and oxygen atoms in total. The Balaban J connectivity index is 1.92. The summed E-state index contributed by atoms with van der Waals surface area (Å²) >= 11 is 0.